The van der Waals surface area contributed by atoms with E-state index in [1.807, 2.05) is 13.8 Å². The van der Waals surface area contributed by atoms with E-state index in [0.717, 1.165) is 36.0 Å². The summed E-state index contributed by atoms with van der Waals surface area (Å²) in [6, 6.07) is 1.81. The van der Waals surface area contributed by atoms with Crippen LogP contribution in [0.3, 0.4) is 0 Å². The Kier molecular flexibility index (Phi) is 10.5. The van der Waals surface area contributed by atoms with E-state index in [9.17, 15) is 35.9 Å². The molecule has 0 bridgehead atoms. The van der Waals surface area contributed by atoms with Crippen LogP contribution in [0.4, 0.5) is 26.3 Å². The average Bonchev–Trinajstić information content (AvgIpc) is 3.42. The number of Topliss-reactive ketones (excluding diaryl/α,β-unsaturated/α-hetero) is 2. The number of fused-ring (bicyclic) bond motifs is 2. The first-order valence-electron chi connectivity index (χ1n) is 11.8. The van der Waals surface area contributed by atoms with E-state index < -0.39 is 27.6 Å². The highest BCUT2D eigenvalue weighted by Gasteiger charge is 2.33. The zero-order chi connectivity index (χ0) is 30.7. The molecule has 41 heavy (non-hydrogen) atoms. The minimum Gasteiger partial charge on any atom is -0.309 e. The largest absolute Gasteiger partial charge is 0.417 e. The van der Waals surface area contributed by atoms with Crippen molar-refractivity contribution in [1.82, 2.24) is 29.1 Å². The number of carbonyl (C=O) groups is 2. The number of halogens is 7. The van der Waals surface area contributed by atoms with Gasteiger partial charge < -0.3 is 9.13 Å². The molecule has 1 atom stereocenters. The van der Waals surface area contributed by atoms with Crippen LogP contribution in [0.2, 0.25) is 0 Å². The van der Waals surface area contributed by atoms with Crippen LogP contribution in [0, 0.1) is 0 Å². The van der Waals surface area contributed by atoms with Gasteiger partial charge in [0.1, 0.15) is 15.2 Å². The number of ketones is 2. The van der Waals surface area contributed by atoms with E-state index in [2.05, 4.69) is 35.9 Å². The Hall–Kier alpha value is -2.66. The second-order valence-electron chi connectivity index (χ2n) is 8.31. The van der Waals surface area contributed by atoms with Crippen molar-refractivity contribution >= 4 is 73.3 Å². The lowest BCUT2D eigenvalue weighted by molar-refractivity contribution is -0.138. The number of rotatable bonds is 8. The zero-order valence-electron chi connectivity index (χ0n) is 22.0. The van der Waals surface area contributed by atoms with Crippen molar-refractivity contribution in [3.8, 4) is 0 Å². The molecule has 4 aromatic rings. The fraction of sp³-hybridized carbons (Fsp3) is 0.417. The van der Waals surface area contributed by atoms with Gasteiger partial charge in [0.05, 0.1) is 16.9 Å². The average molecular weight is 686 g/mol. The molecule has 17 heteroatoms. The number of pyridine rings is 2. The van der Waals surface area contributed by atoms with Gasteiger partial charge in [-0.25, -0.2) is 19.9 Å². The minimum atomic E-state index is -4.49. The zero-order valence-corrected chi connectivity index (χ0v) is 25.2. The number of carbonyl (C=O) groups excluding carboxylic acids is 2. The third-order valence-electron chi connectivity index (χ3n) is 5.50. The van der Waals surface area contributed by atoms with Gasteiger partial charge in [0.25, 0.3) is 0 Å². The third-order valence-corrected chi connectivity index (χ3v) is 8.42. The topological polar surface area (TPSA) is 95.6 Å². The number of imidazole rings is 2. The van der Waals surface area contributed by atoms with Gasteiger partial charge in [0, 0.05) is 26.5 Å². The molecule has 8 nitrogen and oxygen atoms in total. The van der Waals surface area contributed by atoms with Crippen LogP contribution in [-0.2, 0) is 26.4 Å². The van der Waals surface area contributed by atoms with Crippen LogP contribution >= 0.6 is 39.5 Å². The Labute approximate surface area is 246 Å². The number of aryl methyl sites for hydroxylation is 2. The summed E-state index contributed by atoms with van der Waals surface area (Å²) >= 11 is 6.04. The van der Waals surface area contributed by atoms with Gasteiger partial charge >= 0.3 is 12.4 Å². The lowest BCUT2D eigenvalue weighted by Gasteiger charge is -2.06. The SMILES string of the molecule is CCSC(Br)C(=O)c1nc2cc(C(F)(F)F)cnc2n1C.CCSCC(=O)c1nc2cc(C(F)(F)F)cnc2n1C. The van der Waals surface area contributed by atoms with Crippen molar-refractivity contribution < 1.29 is 35.9 Å². The number of alkyl halides is 7. The van der Waals surface area contributed by atoms with E-state index in [1.165, 1.54) is 32.7 Å². The van der Waals surface area contributed by atoms with Crippen LogP contribution < -0.4 is 0 Å². The molecule has 0 aromatic carbocycles. The summed E-state index contributed by atoms with van der Waals surface area (Å²) in [6.07, 6.45) is -7.47. The van der Waals surface area contributed by atoms with Crippen LogP contribution in [0.25, 0.3) is 22.3 Å². The number of hydrogen-bond donors (Lipinski definition) is 0. The molecule has 222 valence electrons. The molecule has 4 aromatic heterocycles. The number of hydrogen-bond acceptors (Lipinski definition) is 8. The quantitative estimate of drug-likeness (QED) is 0.117. The Morgan fingerprint density at radius 1 is 0.854 bits per heavy atom. The van der Waals surface area contributed by atoms with Crippen molar-refractivity contribution in [2.75, 3.05) is 17.3 Å². The molecule has 0 amide bonds. The second kappa shape index (κ2) is 13.1. The second-order valence-corrected chi connectivity index (χ2v) is 12.5. The smallest absolute Gasteiger partial charge is 0.309 e. The van der Waals surface area contributed by atoms with Gasteiger partial charge in [-0.05, 0) is 23.6 Å². The van der Waals surface area contributed by atoms with Gasteiger partial charge in [-0.3, -0.25) is 9.59 Å². The fourth-order valence-electron chi connectivity index (χ4n) is 3.51. The Morgan fingerprint density at radius 3 is 1.76 bits per heavy atom. The minimum absolute atomic E-state index is 0.0527. The molecular weight excluding hydrogens is 662 g/mol. The molecule has 0 aliphatic carbocycles. The van der Waals surface area contributed by atoms with E-state index in [4.69, 9.17) is 0 Å². The molecule has 0 radical (unpaired) electrons. The van der Waals surface area contributed by atoms with Crippen molar-refractivity contribution in [3.05, 3.63) is 47.3 Å². The van der Waals surface area contributed by atoms with Crippen molar-refractivity contribution in [2.24, 2.45) is 14.1 Å². The third kappa shape index (κ3) is 7.60. The molecule has 1 unspecified atom stereocenters. The lowest BCUT2D eigenvalue weighted by atomic mass is 10.2. The number of nitrogens with zero attached hydrogens (tertiary/aromatic N) is 6. The molecule has 0 aliphatic rings. The molecule has 0 spiro atoms. The van der Waals surface area contributed by atoms with Gasteiger partial charge in [-0.2, -0.15) is 38.1 Å². The first-order valence-corrected chi connectivity index (χ1v) is 14.9. The van der Waals surface area contributed by atoms with Gasteiger partial charge in [0.2, 0.25) is 11.6 Å². The molecule has 0 saturated carbocycles. The van der Waals surface area contributed by atoms with Gasteiger partial charge in [-0.1, -0.05) is 29.8 Å². The van der Waals surface area contributed by atoms with Gasteiger partial charge in [-0.15, -0.1) is 11.8 Å². The Morgan fingerprint density at radius 2 is 1.32 bits per heavy atom. The molecule has 0 aliphatic heterocycles. The van der Waals surface area contributed by atoms with E-state index in [0.29, 0.717) is 0 Å². The molecule has 0 N–H and O–H groups in total. The maximum Gasteiger partial charge on any atom is 0.417 e. The summed E-state index contributed by atoms with van der Waals surface area (Å²) in [5.41, 5.74) is -1.12. The molecular formula is C24H23BrF6N6O2S2. The van der Waals surface area contributed by atoms with E-state index in [1.54, 1.807) is 14.1 Å². The highest BCUT2D eigenvalue weighted by atomic mass is 79.9. The number of thioether (sulfide) groups is 2. The summed E-state index contributed by atoms with van der Waals surface area (Å²) in [5.74, 6) is 1.46. The fourth-order valence-corrected chi connectivity index (χ4v) is 5.58. The van der Waals surface area contributed by atoms with Crippen molar-refractivity contribution in [2.45, 2.75) is 30.4 Å². The van der Waals surface area contributed by atoms with Crippen molar-refractivity contribution in [1.29, 1.82) is 0 Å². The predicted octanol–water partition coefficient (Wildman–Crippen LogP) is 6.57. The first-order chi connectivity index (χ1) is 19.1. The maximum atomic E-state index is 12.7. The predicted molar refractivity (Wildman–Crippen MR) is 150 cm³/mol. The molecule has 0 saturated heterocycles. The van der Waals surface area contributed by atoms with Gasteiger partial charge in [0.15, 0.2) is 22.9 Å². The van der Waals surface area contributed by atoms with Crippen LogP contribution in [0.1, 0.15) is 46.2 Å². The standard InChI is InChI=1S/C12H11BrF3N3OS.C12H12F3N3OS/c1-3-21-9(13)8(20)11-18-7-4-6(12(14,15)16)5-17-10(7)19(11)2;1-3-20-6-9(19)11-17-8-4-7(12(13,14)15)5-16-10(8)18(11)2/h4-5,9H,3H2,1-2H3;4-5H,3,6H2,1-2H3. The first kappa shape index (κ1) is 32.8. The summed E-state index contributed by atoms with van der Waals surface area (Å²) in [7, 11) is 3.12. The van der Waals surface area contributed by atoms with Crippen LogP contribution in [0.15, 0.2) is 24.5 Å². The maximum absolute atomic E-state index is 12.7. The molecule has 4 rings (SSSR count). The number of aromatic nitrogens is 6. The normalized spacial score (nSPS) is 12.9. The summed E-state index contributed by atoms with van der Waals surface area (Å²) in [4.78, 5) is 39.6. The molecule has 4 heterocycles. The Bertz CT molecular complexity index is 1570. The highest BCUT2D eigenvalue weighted by Crippen LogP contribution is 2.32. The van der Waals surface area contributed by atoms with E-state index >= 15 is 0 Å². The van der Waals surface area contributed by atoms with E-state index in [-0.39, 0.29) is 51.3 Å². The van der Waals surface area contributed by atoms with Crippen LogP contribution in [-0.4, -0.2) is 62.1 Å². The summed E-state index contributed by atoms with van der Waals surface area (Å²) in [5, 5.41) is 0. The lowest BCUT2D eigenvalue weighted by Crippen LogP contribution is -2.16. The Balaban J connectivity index is 0.000000226. The monoisotopic (exact) mass is 684 g/mol. The van der Waals surface area contributed by atoms with Crippen LogP contribution in [0.5, 0.6) is 0 Å². The van der Waals surface area contributed by atoms with Crippen molar-refractivity contribution in [3.63, 3.8) is 0 Å². The molecule has 0 fully saturated rings. The highest BCUT2D eigenvalue weighted by molar-refractivity contribution is 9.11. The summed E-state index contributed by atoms with van der Waals surface area (Å²) in [6.45, 7) is 3.82. The summed E-state index contributed by atoms with van der Waals surface area (Å²) < 4.78 is 78.1.